The summed E-state index contributed by atoms with van der Waals surface area (Å²) in [5.74, 6) is 0.905. The van der Waals surface area contributed by atoms with Crippen molar-refractivity contribution in [1.29, 1.82) is 5.26 Å². The number of nitrogens with one attached hydrogen (secondary N) is 1. The number of sulfone groups is 1. The molecule has 6 heteroatoms. The van der Waals surface area contributed by atoms with E-state index in [1.807, 2.05) is 24.3 Å². The molecule has 0 amide bonds. The van der Waals surface area contributed by atoms with Gasteiger partial charge < -0.3 is 10.1 Å². The Labute approximate surface area is 120 Å². The second-order valence-corrected chi connectivity index (χ2v) is 6.82. The van der Waals surface area contributed by atoms with E-state index in [9.17, 15) is 8.42 Å². The topological polar surface area (TPSA) is 79.2 Å². The summed E-state index contributed by atoms with van der Waals surface area (Å²) in [5.41, 5.74) is 1.04. The third-order valence-electron chi connectivity index (χ3n) is 2.58. The van der Waals surface area contributed by atoms with Crippen molar-refractivity contribution in [2.75, 3.05) is 25.2 Å². The van der Waals surface area contributed by atoms with Crippen molar-refractivity contribution in [2.24, 2.45) is 0 Å². The largest absolute Gasteiger partial charge is 0.494 e. The molecule has 110 valence electrons. The molecule has 20 heavy (non-hydrogen) atoms. The minimum atomic E-state index is -2.92. The maximum Gasteiger partial charge on any atom is 0.148 e. The van der Waals surface area contributed by atoms with E-state index in [-0.39, 0.29) is 5.75 Å². The number of unbranched alkanes of at least 4 members (excludes halogenated alkanes) is 1. The van der Waals surface area contributed by atoms with Gasteiger partial charge in [0.05, 0.1) is 18.4 Å². The molecule has 5 nitrogen and oxygen atoms in total. The molecule has 0 heterocycles. The quantitative estimate of drug-likeness (QED) is 0.699. The van der Waals surface area contributed by atoms with Gasteiger partial charge in [0, 0.05) is 25.8 Å². The van der Waals surface area contributed by atoms with Gasteiger partial charge in [-0.15, -0.1) is 0 Å². The molecule has 0 aliphatic rings. The number of nitriles is 1. The first-order valence-electron chi connectivity index (χ1n) is 6.48. The fourth-order valence-electron chi connectivity index (χ4n) is 1.58. The van der Waals surface area contributed by atoms with Crippen LogP contribution in [0.15, 0.2) is 24.3 Å². The summed E-state index contributed by atoms with van der Waals surface area (Å²) in [4.78, 5) is 0. The first-order valence-corrected chi connectivity index (χ1v) is 8.54. The lowest BCUT2D eigenvalue weighted by atomic mass is 10.2. The Hall–Kier alpha value is -1.58. The molecule has 1 rings (SSSR count). The normalized spacial score (nSPS) is 11.0. The molecule has 1 N–H and O–H groups in total. The molecule has 0 unspecified atom stereocenters. The van der Waals surface area contributed by atoms with Crippen molar-refractivity contribution < 1.29 is 13.2 Å². The van der Waals surface area contributed by atoms with Crippen LogP contribution in [-0.2, 0) is 16.4 Å². The van der Waals surface area contributed by atoms with Crippen LogP contribution in [0.25, 0.3) is 0 Å². The van der Waals surface area contributed by atoms with Crippen molar-refractivity contribution in [1.82, 2.24) is 5.32 Å². The predicted molar refractivity (Wildman–Crippen MR) is 78.2 cm³/mol. The van der Waals surface area contributed by atoms with Gasteiger partial charge in [-0.25, -0.2) is 8.42 Å². The molecule has 0 spiro atoms. The van der Waals surface area contributed by atoms with Crippen molar-refractivity contribution >= 4 is 9.84 Å². The lowest BCUT2D eigenvalue weighted by molar-refractivity contribution is 0.312. The highest BCUT2D eigenvalue weighted by Crippen LogP contribution is 2.13. The van der Waals surface area contributed by atoms with Gasteiger partial charge in [0.1, 0.15) is 15.6 Å². The molecule has 0 saturated carbocycles. The standard InChI is InChI=1S/C14H20N2O3S/c1-20(17,18)10-8-16-12-13-5-4-6-14(11-13)19-9-3-2-7-15/h4-6,11,16H,2-3,8-10,12H2,1H3. The molecule has 0 aliphatic carbocycles. The van der Waals surface area contributed by atoms with Crippen molar-refractivity contribution in [3.8, 4) is 11.8 Å². The Bertz CT molecular complexity index is 550. The van der Waals surface area contributed by atoms with Gasteiger partial charge in [0.2, 0.25) is 0 Å². The molecule has 0 radical (unpaired) electrons. The maximum atomic E-state index is 11.0. The van der Waals surface area contributed by atoms with E-state index in [1.54, 1.807) is 0 Å². The van der Waals surface area contributed by atoms with E-state index in [0.717, 1.165) is 11.3 Å². The van der Waals surface area contributed by atoms with Crippen LogP contribution in [0.1, 0.15) is 18.4 Å². The Morgan fingerprint density at radius 1 is 1.40 bits per heavy atom. The summed E-state index contributed by atoms with van der Waals surface area (Å²) < 4.78 is 27.5. The van der Waals surface area contributed by atoms with Crippen LogP contribution in [0.2, 0.25) is 0 Å². The molecule has 0 bridgehead atoms. The van der Waals surface area contributed by atoms with E-state index in [0.29, 0.717) is 32.5 Å². The van der Waals surface area contributed by atoms with Crippen LogP contribution in [0.3, 0.4) is 0 Å². The molecular weight excluding hydrogens is 276 g/mol. The number of nitrogens with zero attached hydrogens (tertiary/aromatic N) is 1. The van der Waals surface area contributed by atoms with Crippen molar-refractivity contribution in [3.05, 3.63) is 29.8 Å². The van der Waals surface area contributed by atoms with Gasteiger partial charge >= 0.3 is 0 Å². The number of hydrogen-bond acceptors (Lipinski definition) is 5. The molecule has 0 aliphatic heterocycles. The lowest BCUT2D eigenvalue weighted by Crippen LogP contribution is -2.21. The van der Waals surface area contributed by atoms with Crippen LogP contribution < -0.4 is 10.1 Å². The van der Waals surface area contributed by atoms with Crippen molar-refractivity contribution in [2.45, 2.75) is 19.4 Å². The fourth-order valence-corrected chi connectivity index (χ4v) is 2.09. The summed E-state index contributed by atoms with van der Waals surface area (Å²) >= 11 is 0. The minimum absolute atomic E-state index is 0.136. The molecule has 0 atom stereocenters. The molecular formula is C14H20N2O3S. The highest BCUT2D eigenvalue weighted by molar-refractivity contribution is 7.90. The zero-order valence-electron chi connectivity index (χ0n) is 11.6. The number of ether oxygens (including phenoxy) is 1. The van der Waals surface area contributed by atoms with E-state index < -0.39 is 9.84 Å². The van der Waals surface area contributed by atoms with E-state index >= 15 is 0 Å². The molecule has 0 fully saturated rings. The number of rotatable bonds is 9. The maximum absolute atomic E-state index is 11.0. The van der Waals surface area contributed by atoms with E-state index in [2.05, 4.69) is 11.4 Å². The average molecular weight is 296 g/mol. The van der Waals surface area contributed by atoms with Crippen LogP contribution in [0.4, 0.5) is 0 Å². The monoisotopic (exact) mass is 296 g/mol. The third-order valence-corrected chi connectivity index (χ3v) is 3.52. The second-order valence-electron chi connectivity index (χ2n) is 4.56. The SMILES string of the molecule is CS(=O)(=O)CCNCc1cccc(OCCCC#N)c1. The fraction of sp³-hybridized carbons (Fsp3) is 0.500. The Morgan fingerprint density at radius 3 is 2.90 bits per heavy atom. The van der Waals surface area contributed by atoms with Gasteiger partial charge in [-0.05, 0) is 24.1 Å². The van der Waals surface area contributed by atoms with Gasteiger partial charge in [0.15, 0.2) is 0 Å². The first-order chi connectivity index (χ1) is 9.51. The van der Waals surface area contributed by atoms with E-state index in [1.165, 1.54) is 6.26 Å². The zero-order chi connectivity index (χ0) is 14.8. The number of benzene rings is 1. The highest BCUT2D eigenvalue weighted by atomic mass is 32.2. The smallest absolute Gasteiger partial charge is 0.148 e. The molecule has 1 aromatic carbocycles. The summed E-state index contributed by atoms with van der Waals surface area (Å²) in [6, 6.07) is 9.71. The van der Waals surface area contributed by atoms with Gasteiger partial charge in [-0.2, -0.15) is 5.26 Å². The Kier molecular flexibility index (Phi) is 7.05. The second kappa shape index (κ2) is 8.56. The lowest BCUT2D eigenvalue weighted by Gasteiger charge is -2.08. The van der Waals surface area contributed by atoms with Crippen LogP contribution in [0, 0.1) is 11.3 Å². The van der Waals surface area contributed by atoms with Gasteiger partial charge in [0.25, 0.3) is 0 Å². The molecule has 0 aromatic heterocycles. The van der Waals surface area contributed by atoms with Gasteiger partial charge in [-0.1, -0.05) is 12.1 Å². The van der Waals surface area contributed by atoms with Crippen LogP contribution in [0.5, 0.6) is 5.75 Å². The zero-order valence-corrected chi connectivity index (χ0v) is 12.4. The average Bonchev–Trinajstić information content (AvgIpc) is 2.39. The minimum Gasteiger partial charge on any atom is -0.494 e. The number of hydrogen-bond donors (Lipinski definition) is 1. The van der Waals surface area contributed by atoms with Crippen LogP contribution in [-0.4, -0.2) is 33.6 Å². The third kappa shape index (κ3) is 7.77. The Balaban J connectivity index is 2.34. The van der Waals surface area contributed by atoms with Gasteiger partial charge in [-0.3, -0.25) is 0 Å². The highest BCUT2D eigenvalue weighted by Gasteiger charge is 2.01. The Morgan fingerprint density at radius 2 is 2.20 bits per heavy atom. The first kappa shape index (κ1) is 16.5. The summed E-state index contributed by atoms with van der Waals surface area (Å²) in [6.07, 6.45) is 2.43. The van der Waals surface area contributed by atoms with E-state index in [4.69, 9.17) is 10.00 Å². The summed E-state index contributed by atoms with van der Waals surface area (Å²) in [6.45, 7) is 1.57. The predicted octanol–water partition coefficient (Wildman–Crippen LogP) is 1.50. The molecule has 1 aromatic rings. The van der Waals surface area contributed by atoms with Crippen LogP contribution >= 0.6 is 0 Å². The summed E-state index contributed by atoms with van der Waals surface area (Å²) in [7, 11) is -2.92. The molecule has 0 saturated heterocycles. The van der Waals surface area contributed by atoms with Crippen molar-refractivity contribution in [3.63, 3.8) is 0 Å². The summed E-state index contributed by atoms with van der Waals surface area (Å²) in [5, 5.41) is 11.5.